The van der Waals surface area contributed by atoms with E-state index in [-0.39, 0.29) is 28.1 Å². The molecule has 1 saturated carbocycles. The average Bonchev–Trinajstić information content (AvgIpc) is 3.12. The number of benzene rings is 1. The number of hydrogen-bond donors (Lipinski definition) is 2. The Labute approximate surface area is 221 Å². The lowest BCUT2D eigenvalue weighted by Crippen LogP contribution is -2.45. The molecule has 3 heterocycles. The van der Waals surface area contributed by atoms with Crippen LogP contribution in [0, 0.1) is 11.7 Å². The Hall–Kier alpha value is -3.50. The molecule has 11 heteroatoms. The number of amides is 2. The van der Waals surface area contributed by atoms with Gasteiger partial charge in [0, 0.05) is 36.1 Å². The summed E-state index contributed by atoms with van der Waals surface area (Å²) < 4.78 is 41.2. The molecule has 7 nitrogen and oxygen atoms in total. The first kappa shape index (κ1) is 26.1. The number of hydrogen-bond acceptors (Lipinski definition) is 5. The van der Waals surface area contributed by atoms with E-state index in [1.165, 1.54) is 23.2 Å². The minimum absolute atomic E-state index is 0.0502. The van der Waals surface area contributed by atoms with Crippen molar-refractivity contribution >= 4 is 29.1 Å². The number of rotatable bonds is 6. The molecule has 0 saturated heterocycles. The molecular formula is C27H24ClF3N4O3. The molecule has 1 aromatic carbocycles. The summed E-state index contributed by atoms with van der Waals surface area (Å²) >= 11 is 5.86. The molecule has 0 bridgehead atoms. The summed E-state index contributed by atoms with van der Waals surface area (Å²) in [6.45, 7) is 0.305. The van der Waals surface area contributed by atoms with Gasteiger partial charge in [0.15, 0.2) is 5.60 Å². The molecule has 1 aliphatic carbocycles. The highest BCUT2D eigenvalue weighted by Gasteiger charge is 2.52. The molecule has 2 aliphatic rings. The Bertz CT molecular complexity index is 1380. The number of halogens is 4. The fourth-order valence-corrected chi connectivity index (χ4v) is 5.52. The Morgan fingerprint density at radius 2 is 1.89 bits per heavy atom. The lowest BCUT2D eigenvalue weighted by Gasteiger charge is -2.32. The van der Waals surface area contributed by atoms with Crippen molar-refractivity contribution in [2.75, 3.05) is 11.4 Å². The van der Waals surface area contributed by atoms with E-state index in [2.05, 4.69) is 15.3 Å². The largest absolute Gasteiger partial charge is 0.372 e. The molecule has 2 aromatic heterocycles. The highest BCUT2D eigenvalue weighted by Crippen LogP contribution is 2.45. The summed E-state index contributed by atoms with van der Waals surface area (Å²) in [5, 5.41) is 14.4. The van der Waals surface area contributed by atoms with Gasteiger partial charge in [-0.1, -0.05) is 29.8 Å². The van der Waals surface area contributed by atoms with Crippen LogP contribution in [0.15, 0.2) is 55.0 Å². The first-order valence-corrected chi connectivity index (χ1v) is 12.6. The molecule has 1 aliphatic heterocycles. The Kier molecular flexibility index (Phi) is 7.11. The van der Waals surface area contributed by atoms with Gasteiger partial charge in [-0.3, -0.25) is 19.6 Å². The zero-order chi connectivity index (χ0) is 27.0. The van der Waals surface area contributed by atoms with Crippen LogP contribution in [0.25, 0.3) is 0 Å². The lowest BCUT2D eigenvalue weighted by atomic mass is 9.85. The normalized spacial score (nSPS) is 23.0. The SMILES string of the molecule is O=C(NC1CCC(CN2C(=O)C(O)(c3ccncc3F)c3ccccc32)CC1)c1cc(Cl)cnc1C(F)F. The molecular weight excluding hydrogens is 521 g/mol. The van der Waals surface area contributed by atoms with E-state index in [4.69, 9.17) is 11.6 Å². The number of nitrogens with one attached hydrogen (secondary N) is 1. The van der Waals surface area contributed by atoms with Gasteiger partial charge >= 0.3 is 0 Å². The number of aromatic nitrogens is 2. The zero-order valence-corrected chi connectivity index (χ0v) is 20.8. The van der Waals surface area contributed by atoms with Gasteiger partial charge < -0.3 is 15.3 Å². The molecule has 198 valence electrons. The van der Waals surface area contributed by atoms with Crippen LogP contribution in [0.3, 0.4) is 0 Å². The number of pyridine rings is 2. The highest BCUT2D eigenvalue weighted by atomic mass is 35.5. The van der Waals surface area contributed by atoms with Crippen molar-refractivity contribution in [2.24, 2.45) is 5.92 Å². The number of carbonyl (C=O) groups is 2. The number of nitrogens with zero attached hydrogens (tertiary/aromatic N) is 3. The van der Waals surface area contributed by atoms with Crippen LogP contribution in [0.2, 0.25) is 5.02 Å². The maximum atomic E-state index is 14.6. The monoisotopic (exact) mass is 544 g/mol. The standard InChI is InChI=1S/C27H24ClF3N4O3/c28-16-11-18(23(24(30)31)33-12-16)25(36)34-17-7-5-15(6-8-17)14-35-22-4-2-1-3-20(22)27(38,26(35)37)19-9-10-32-13-21(19)29/h1-4,9-13,15,17,24,38H,5-8,14H2,(H,34,36). The summed E-state index contributed by atoms with van der Waals surface area (Å²) in [6, 6.07) is 9.00. The Morgan fingerprint density at radius 1 is 1.16 bits per heavy atom. The van der Waals surface area contributed by atoms with Crippen molar-refractivity contribution in [1.82, 2.24) is 15.3 Å². The first-order chi connectivity index (χ1) is 18.2. The zero-order valence-electron chi connectivity index (χ0n) is 20.1. The first-order valence-electron chi connectivity index (χ1n) is 12.2. The number of anilines is 1. The second kappa shape index (κ2) is 10.3. The third-order valence-corrected chi connectivity index (χ3v) is 7.47. The van der Waals surface area contributed by atoms with Crippen LogP contribution >= 0.6 is 11.6 Å². The van der Waals surface area contributed by atoms with Gasteiger partial charge in [-0.2, -0.15) is 0 Å². The minimum Gasteiger partial charge on any atom is -0.372 e. The molecule has 5 rings (SSSR count). The Balaban J connectivity index is 1.27. The fraction of sp³-hybridized carbons (Fsp3) is 0.333. The molecule has 38 heavy (non-hydrogen) atoms. The van der Waals surface area contributed by atoms with E-state index in [1.54, 1.807) is 24.3 Å². The van der Waals surface area contributed by atoms with Crippen LogP contribution in [-0.4, -0.2) is 39.5 Å². The summed E-state index contributed by atoms with van der Waals surface area (Å²) in [7, 11) is 0. The van der Waals surface area contributed by atoms with Gasteiger partial charge in [0.1, 0.15) is 11.5 Å². The maximum Gasteiger partial charge on any atom is 0.281 e. The predicted octanol–water partition coefficient (Wildman–Crippen LogP) is 4.78. The van der Waals surface area contributed by atoms with E-state index >= 15 is 0 Å². The molecule has 2 amide bonds. The van der Waals surface area contributed by atoms with Gasteiger partial charge in [-0.15, -0.1) is 0 Å². The topological polar surface area (TPSA) is 95.4 Å². The van der Waals surface area contributed by atoms with Crippen LogP contribution in [0.1, 0.15) is 59.3 Å². The van der Waals surface area contributed by atoms with Crippen molar-refractivity contribution < 1.29 is 27.9 Å². The highest BCUT2D eigenvalue weighted by molar-refractivity contribution is 6.30. The van der Waals surface area contributed by atoms with Crippen molar-refractivity contribution in [3.05, 3.63) is 88.2 Å². The maximum absolute atomic E-state index is 14.6. The van der Waals surface area contributed by atoms with E-state index in [0.29, 0.717) is 43.5 Å². The molecule has 3 aromatic rings. The molecule has 1 fully saturated rings. The van der Waals surface area contributed by atoms with Crippen LogP contribution in [0.5, 0.6) is 0 Å². The number of carbonyl (C=O) groups excluding carboxylic acids is 2. The molecule has 1 atom stereocenters. The van der Waals surface area contributed by atoms with Gasteiger partial charge in [0.05, 0.1) is 22.5 Å². The van der Waals surface area contributed by atoms with Gasteiger partial charge in [0.25, 0.3) is 18.2 Å². The summed E-state index contributed by atoms with van der Waals surface area (Å²) in [5.74, 6) is -2.02. The lowest BCUT2D eigenvalue weighted by molar-refractivity contribution is -0.132. The quantitative estimate of drug-likeness (QED) is 0.466. The summed E-state index contributed by atoms with van der Waals surface area (Å²) in [4.78, 5) is 35.1. The summed E-state index contributed by atoms with van der Waals surface area (Å²) in [6.07, 6.45) is 2.89. The number of para-hydroxylation sites is 1. The van der Waals surface area contributed by atoms with Crippen LogP contribution < -0.4 is 10.2 Å². The number of alkyl halides is 2. The average molecular weight is 545 g/mol. The number of fused-ring (bicyclic) bond motifs is 1. The van der Waals surface area contributed by atoms with Crippen molar-refractivity contribution in [2.45, 2.75) is 43.8 Å². The van der Waals surface area contributed by atoms with E-state index in [1.807, 2.05) is 0 Å². The predicted molar refractivity (Wildman–Crippen MR) is 133 cm³/mol. The number of aliphatic hydroxyl groups is 1. The summed E-state index contributed by atoms with van der Waals surface area (Å²) in [5.41, 5.74) is -2.37. The Morgan fingerprint density at radius 3 is 2.61 bits per heavy atom. The van der Waals surface area contributed by atoms with E-state index in [0.717, 1.165) is 12.4 Å². The van der Waals surface area contributed by atoms with E-state index in [9.17, 15) is 27.9 Å². The van der Waals surface area contributed by atoms with Gasteiger partial charge in [-0.25, -0.2) is 13.2 Å². The molecule has 0 radical (unpaired) electrons. The van der Waals surface area contributed by atoms with Gasteiger partial charge in [-0.05, 0) is 49.8 Å². The van der Waals surface area contributed by atoms with Crippen molar-refractivity contribution in [3.63, 3.8) is 0 Å². The van der Waals surface area contributed by atoms with Crippen molar-refractivity contribution in [3.8, 4) is 0 Å². The van der Waals surface area contributed by atoms with Crippen LogP contribution in [0.4, 0.5) is 18.9 Å². The van der Waals surface area contributed by atoms with Gasteiger partial charge in [0.2, 0.25) is 0 Å². The van der Waals surface area contributed by atoms with E-state index < -0.39 is 35.4 Å². The second-order valence-electron chi connectivity index (χ2n) is 9.58. The van der Waals surface area contributed by atoms with Crippen LogP contribution in [-0.2, 0) is 10.4 Å². The third-order valence-electron chi connectivity index (χ3n) is 7.26. The third kappa shape index (κ3) is 4.63. The molecule has 2 N–H and O–H groups in total. The van der Waals surface area contributed by atoms with Crippen molar-refractivity contribution in [1.29, 1.82) is 0 Å². The second-order valence-corrected chi connectivity index (χ2v) is 10.0. The molecule has 0 spiro atoms. The minimum atomic E-state index is -2.91. The molecule has 1 unspecified atom stereocenters. The fourth-order valence-electron chi connectivity index (χ4n) is 5.36. The smallest absolute Gasteiger partial charge is 0.281 e.